The van der Waals surface area contributed by atoms with Crippen molar-refractivity contribution in [1.29, 1.82) is 0 Å². The summed E-state index contributed by atoms with van der Waals surface area (Å²) in [6.45, 7) is 4.48. The van der Waals surface area contributed by atoms with Crippen LogP contribution in [0.25, 0.3) is 0 Å². The van der Waals surface area contributed by atoms with Crippen molar-refractivity contribution in [2.24, 2.45) is 11.8 Å². The van der Waals surface area contributed by atoms with E-state index in [2.05, 4.69) is 28.7 Å². The quantitative estimate of drug-likeness (QED) is 0.844. The molecule has 1 aromatic heterocycles. The minimum Gasteiger partial charge on any atom is -0.342 e. The summed E-state index contributed by atoms with van der Waals surface area (Å²) < 4.78 is 0. The second-order valence-electron chi connectivity index (χ2n) is 7.73. The number of likely N-dealkylation sites (tertiary alicyclic amines) is 2. The van der Waals surface area contributed by atoms with Crippen LogP contribution in [0.1, 0.15) is 50.5 Å². The minimum absolute atomic E-state index is 0.00475. The molecule has 0 unspecified atom stereocenters. The van der Waals surface area contributed by atoms with Gasteiger partial charge in [0.05, 0.1) is 5.92 Å². The first-order valence-corrected chi connectivity index (χ1v) is 10.2. The van der Waals surface area contributed by atoms with Gasteiger partial charge in [-0.25, -0.2) is 0 Å². The fourth-order valence-electron chi connectivity index (χ4n) is 4.29. The molecule has 2 saturated heterocycles. The molecule has 130 valence electrons. The fraction of sp³-hybridized carbons (Fsp3) is 0.684. The van der Waals surface area contributed by atoms with E-state index >= 15 is 0 Å². The third kappa shape index (κ3) is 3.10. The molecule has 2 amide bonds. The summed E-state index contributed by atoms with van der Waals surface area (Å²) in [6.07, 6.45) is 5.03. The Labute approximate surface area is 147 Å². The molecule has 1 saturated carbocycles. The molecule has 1 aromatic rings. The van der Waals surface area contributed by atoms with Gasteiger partial charge < -0.3 is 9.80 Å². The van der Waals surface area contributed by atoms with Gasteiger partial charge >= 0.3 is 0 Å². The molecule has 1 aliphatic carbocycles. The summed E-state index contributed by atoms with van der Waals surface area (Å²) in [5.74, 6) is 1.30. The lowest BCUT2D eigenvalue weighted by molar-refractivity contribution is -0.141. The number of piperidine rings is 1. The van der Waals surface area contributed by atoms with Crippen LogP contribution < -0.4 is 0 Å². The summed E-state index contributed by atoms with van der Waals surface area (Å²) >= 11 is 1.73. The molecule has 0 bridgehead atoms. The van der Waals surface area contributed by atoms with E-state index < -0.39 is 0 Å². The predicted octanol–water partition coefficient (Wildman–Crippen LogP) is 3.10. The van der Waals surface area contributed by atoms with Gasteiger partial charge in [-0.2, -0.15) is 11.3 Å². The molecule has 0 aromatic carbocycles. The van der Waals surface area contributed by atoms with E-state index in [0.29, 0.717) is 18.5 Å². The maximum absolute atomic E-state index is 13.1. The van der Waals surface area contributed by atoms with Crippen molar-refractivity contribution < 1.29 is 9.59 Å². The van der Waals surface area contributed by atoms with Gasteiger partial charge in [0.15, 0.2) is 0 Å². The highest BCUT2D eigenvalue weighted by molar-refractivity contribution is 7.08. The molecule has 2 aliphatic heterocycles. The van der Waals surface area contributed by atoms with Crippen LogP contribution >= 0.6 is 11.3 Å². The summed E-state index contributed by atoms with van der Waals surface area (Å²) in [4.78, 5) is 29.4. The van der Waals surface area contributed by atoms with Crippen LogP contribution in [0.2, 0.25) is 0 Å². The number of nitrogens with zero attached hydrogens (tertiary/aromatic N) is 2. The first kappa shape index (κ1) is 16.1. The van der Waals surface area contributed by atoms with Gasteiger partial charge in [0, 0.05) is 37.5 Å². The number of carbonyl (C=O) groups excluding carboxylic acids is 2. The van der Waals surface area contributed by atoms with Gasteiger partial charge in [0.25, 0.3) is 0 Å². The second-order valence-corrected chi connectivity index (χ2v) is 8.51. The Kier molecular flexibility index (Phi) is 4.37. The molecule has 0 radical (unpaired) electrons. The molecular formula is C19H26N2O2S. The lowest BCUT2D eigenvalue weighted by Crippen LogP contribution is -2.48. The van der Waals surface area contributed by atoms with Gasteiger partial charge in [-0.05, 0) is 61.4 Å². The molecule has 4 nitrogen and oxygen atoms in total. The van der Waals surface area contributed by atoms with Crippen LogP contribution in [0, 0.1) is 11.8 Å². The van der Waals surface area contributed by atoms with Crippen molar-refractivity contribution >= 4 is 23.2 Å². The van der Waals surface area contributed by atoms with Crippen molar-refractivity contribution in [3.8, 4) is 0 Å². The van der Waals surface area contributed by atoms with Gasteiger partial charge in [0.1, 0.15) is 0 Å². The molecule has 0 N–H and O–H groups in total. The van der Waals surface area contributed by atoms with Gasteiger partial charge in [-0.3, -0.25) is 9.59 Å². The van der Waals surface area contributed by atoms with E-state index in [4.69, 9.17) is 0 Å². The number of carbonyl (C=O) groups is 2. The number of hydrogen-bond donors (Lipinski definition) is 0. The summed E-state index contributed by atoms with van der Waals surface area (Å²) in [7, 11) is 0. The maximum Gasteiger partial charge on any atom is 0.227 e. The van der Waals surface area contributed by atoms with E-state index in [1.807, 2.05) is 4.90 Å². The average molecular weight is 346 g/mol. The lowest BCUT2D eigenvalue weighted by Gasteiger charge is -2.35. The smallest absolute Gasteiger partial charge is 0.227 e. The molecule has 0 spiro atoms. The zero-order valence-electron chi connectivity index (χ0n) is 14.3. The van der Waals surface area contributed by atoms with Crippen LogP contribution in [0.15, 0.2) is 16.8 Å². The van der Waals surface area contributed by atoms with Crippen molar-refractivity contribution in [3.63, 3.8) is 0 Å². The Hall–Kier alpha value is -1.36. The van der Waals surface area contributed by atoms with Crippen LogP contribution in [0.4, 0.5) is 0 Å². The normalized spacial score (nSPS) is 30.6. The van der Waals surface area contributed by atoms with Crippen LogP contribution in [0.3, 0.4) is 0 Å². The van der Waals surface area contributed by atoms with Crippen LogP contribution in [0.5, 0.6) is 0 Å². The highest BCUT2D eigenvalue weighted by Gasteiger charge is 2.40. The standard InChI is InChI=1S/C19H26N2O2S/c1-13-9-17(16-6-8-24-12-16)11-21(13)19(23)15-3-2-7-20(10-15)18(22)14-4-5-14/h6,8,12-15,17H,2-5,7,9-11H2,1H3/t13-,15-,17+/m1/s1. The predicted molar refractivity (Wildman–Crippen MR) is 94.9 cm³/mol. The Morgan fingerprint density at radius 2 is 1.96 bits per heavy atom. The van der Waals surface area contributed by atoms with Crippen LogP contribution in [-0.4, -0.2) is 47.3 Å². The highest BCUT2D eigenvalue weighted by Crippen LogP contribution is 2.36. The van der Waals surface area contributed by atoms with Gasteiger partial charge in [-0.15, -0.1) is 0 Å². The van der Waals surface area contributed by atoms with Gasteiger partial charge in [-0.1, -0.05) is 0 Å². The Balaban J connectivity index is 1.40. The second kappa shape index (κ2) is 6.51. The summed E-state index contributed by atoms with van der Waals surface area (Å²) in [6, 6.07) is 2.49. The zero-order chi connectivity index (χ0) is 16.7. The third-order valence-corrected chi connectivity index (χ3v) is 6.58. The number of rotatable bonds is 3. The van der Waals surface area contributed by atoms with Crippen molar-refractivity contribution in [2.75, 3.05) is 19.6 Å². The molecule has 3 atom stereocenters. The average Bonchev–Trinajstić information content (AvgIpc) is 3.16. The third-order valence-electron chi connectivity index (χ3n) is 5.88. The first-order chi connectivity index (χ1) is 11.6. The van der Waals surface area contributed by atoms with E-state index in [1.165, 1.54) is 5.56 Å². The lowest BCUT2D eigenvalue weighted by atomic mass is 9.96. The highest BCUT2D eigenvalue weighted by atomic mass is 32.1. The topological polar surface area (TPSA) is 40.6 Å². The van der Waals surface area contributed by atoms with Crippen molar-refractivity contribution in [3.05, 3.63) is 22.4 Å². The molecule has 4 rings (SSSR count). The molecule has 3 heterocycles. The first-order valence-electron chi connectivity index (χ1n) is 9.25. The maximum atomic E-state index is 13.1. The zero-order valence-corrected chi connectivity index (χ0v) is 15.1. The Morgan fingerprint density at radius 1 is 1.12 bits per heavy atom. The molecular weight excluding hydrogens is 320 g/mol. The molecule has 5 heteroatoms. The Morgan fingerprint density at radius 3 is 2.67 bits per heavy atom. The number of thiophene rings is 1. The Bertz CT molecular complexity index is 611. The van der Waals surface area contributed by atoms with Crippen molar-refractivity contribution in [2.45, 2.75) is 51.0 Å². The van der Waals surface area contributed by atoms with E-state index in [9.17, 15) is 9.59 Å². The monoisotopic (exact) mass is 346 g/mol. The SMILES string of the molecule is C[C@@H]1C[C@H](c2ccsc2)CN1C(=O)[C@@H]1CCCN(C(=O)C2CC2)C1. The number of hydrogen-bond acceptors (Lipinski definition) is 3. The van der Waals surface area contributed by atoms with E-state index in [-0.39, 0.29) is 23.7 Å². The fourth-order valence-corrected chi connectivity index (χ4v) is 5.03. The number of amides is 2. The van der Waals surface area contributed by atoms with E-state index in [0.717, 1.165) is 45.2 Å². The van der Waals surface area contributed by atoms with E-state index in [1.54, 1.807) is 11.3 Å². The van der Waals surface area contributed by atoms with Gasteiger partial charge in [0.2, 0.25) is 11.8 Å². The van der Waals surface area contributed by atoms with Crippen molar-refractivity contribution in [1.82, 2.24) is 9.80 Å². The molecule has 3 aliphatic rings. The largest absolute Gasteiger partial charge is 0.342 e. The molecule has 24 heavy (non-hydrogen) atoms. The summed E-state index contributed by atoms with van der Waals surface area (Å²) in [5.41, 5.74) is 1.37. The van der Waals surface area contributed by atoms with Crippen LogP contribution in [-0.2, 0) is 9.59 Å². The minimum atomic E-state index is 0.00475. The molecule has 3 fully saturated rings. The summed E-state index contributed by atoms with van der Waals surface area (Å²) in [5, 5.41) is 4.33.